The van der Waals surface area contributed by atoms with E-state index in [0.717, 1.165) is 25.0 Å². The Morgan fingerprint density at radius 1 is 1.56 bits per heavy atom. The van der Waals surface area contributed by atoms with Crippen LogP contribution in [-0.2, 0) is 0 Å². The van der Waals surface area contributed by atoms with E-state index in [2.05, 4.69) is 16.9 Å². The molecular formula is C13H17N3O2. The number of hydrogen-bond donors (Lipinski definition) is 2. The highest BCUT2D eigenvalue weighted by Gasteiger charge is 2.29. The molecule has 0 bridgehead atoms. The van der Waals surface area contributed by atoms with E-state index in [1.807, 2.05) is 18.2 Å². The summed E-state index contributed by atoms with van der Waals surface area (Å²) in [6.07, 6.45) is 1.07. The fourth-order valence-corrected chi connectivity index (χ4v) is 2.84. The molecule has 0 amide bonds. The lowest BCUT2D eigenvalue weighted by Gasteiger charge is -2.19. The third kappa shape index (κ3) is 1.85. The first-order valence-electron chi connectivity index (χ1n) is 6.20. The molecule has 0 spiro atoms. The molecule has 3 rings (SSSR count). The predicted molar refractivity (Wildman–Crippen MR) is 69.4 cm³/mol. The predicted octanol–water partition coefficient (Wildman–Crippen LogP) is 1.07. The van der Waals surface area contributed by atoms with Gasteiger partial charge < -0.3 is 10.2 Å². The van der Waals surface area contributed by atoms with Crippen LogP contribution in [0.4, 0.5) is 0 Å². The fraction of sp³-hybridized carbons (Fsp3) is 0.462. The van der Waals surface area contributed by atoms with Gasteiger partial charge >= 0.3 is 5.76 Å². The normalized spacial score (nSPS) is 25.0. The summed E-state index contributed by atoms with van der Waals surface area (Å²) in [4.78, 5) is 16.1. The summed E-state index contributed by atoms with van der Waals surface area (Å²) < 4.78 is 5.01. The van der Waals surface area contributed by atoms with Crippen LogP contribution in [0.2, 0.25) is 0 Å². The quantitative estimate of drug-likeness (QED) is 0.832. The molecule has 96 valence electrons. The number of aromatic amines is 1. The van der Waals surface area contributed by atoms with Crippen molar-refractivity contribution in [2.75, 3.05) is 20.1 Å². The Balaban J connectivity index is 1.96. The van der Waals surface area contributed by atoms with E-state index in [-0.39, 0.29) is 0 Å². The molecule has 0 radical (unpaired) electrons. The van der Waals surface area contributed by atoms with Gasteiger partial charge in [0.15, 0.2) is 5.58 Å². The molecular weight excluding hydrogens is 230 g/mol. The Kier molecular flexibility index (Phi) is 2.72. The SMILES string of the molecule is CN1CC(CN)CC1c1ccc2oc(=O)[nH]c2c1. The van der Waals surface area contributed by atoms with Crippen molar-refractivity contribution in [3.05, 3.63) is 34.3 Å². The average molecular weight is 247 g/mol. The third-order valence-corrected chi connectivity index (χ3v) is 3.80. The molecule has 0 saturated carbocycles. The summed E-state index contributed by atoms with van der Waals surface area (Å²) in [6, 6.07) is 6.26. The summed E-state index contributed by atoms with van der Waals surface area (Å²) in [6.45, 7) is 1.76. The monoisotopic (exact) mass is 247 g/mol. The third-order valence-electron chi connectivity index (χ3n) is 3.80. The second-order valence-corrected chi connectivity index (χ2v) is 5.06. The maximum atomic E-state index is 11.1. The summed E-state index contributed by atoms with van der Waals surface area (Å²) in [7, 11) is 2.11. The fourth-order valence-electron chi connectivity index (χ4n) is 2.84. The molecule has 18 heavy (non-hydrogen) atoms. The number of rotatable bonds is 2. The van der Waals surface area contributed by atoms with Gasteiger partial charge in [0, 0.05) is 12.6 Å². The van der Waals surface area contributed by atoms with Gasteiger partial charge in [0.2, 0.25) is 0 Å². The number of H-pyrrole nitrogens is 1. The number of nitrogens with zero attached hydrogens (tertiary/aromatic N) is 1. The van der Waals surface area contributed by atoms with E-state index in [9.17, 15) is 4.79 Å². The number of aromatic nitrogens is 1. The van der Waals surface area contributed by atoms with Gasteiger partial charge in [0.25, 0.3) is 0 Å². The molecule has 1 aliphatic rings. The lowest BCUT2D eigenvalue weighted by atomic mass is 10.00. The number of hydrogen-bond acceptors (Lipinski definition) is 4. The molecule has 1 aromatic heterocycles. The van der Waals surface area contributed by atoms with E-state index in [1.54, 1.807) is 0 Å². The van der Waals surface area contributed by atoms with Gasteiger partial charge in [-0.1, -0.05) is 6.07 Å². The number of benzene rings is 1. The molecule has 3 N–H and O–H groups in total. The van der Waals surface area contributed by atoms with E-state index in [4.69, 9.17) is 10.2 Å². The van der Waals surface area contributed by atoms with Crippen molar-refractivity contribution >= 4 is 11.1 Å². The zero-order chi connectivity index (χ0) is 12.7. The summed E-state index contributed by atoms with van der Waals surface area (Å²) in [5, 5.41) is 0. The van der Waals surface area contributed by atoms with Gasteiger partial charge in [-0.25, -0.2) is 4.79 Å². The molecule has 1 aromatic carbocycles. The second-order valence-electron chi connectivity index (χ2n) is 5.06. The lowest BCUT2D eigenvalue weighted by Crippen LogP contribution is -2.20. The van der Waals surface area contributed by atoms with Gasteiger partial charge in [-0.3, -0.25) is 9.88 Å². The van der Waals surface area contributed by atoms with Crippen LogP contribution in [0.3, 0.4) is 0 Å². The number of likely N-dealkylation sites (tertiary alicyclic amines) is 1. The Morgan fingerprint density at radius 3 is 3.11 bits per heavy atom. The first-order valence-corrected chi connectivity index (χ1v) is 6.20. The van der Waals surface area contributed by atoms with Crippen LogP contribution in [0.25, 0.3) is 11.1 Å². The summed E-state index contributed by atoms with van der Waals surface area (Å²) in [5.74, 6) is 0.154. The van der Waals surface area contributed by atoms with Crippen molar-refractivity contribution in [3.63, 3.8) is 0 Å². The van der Waals surface area contributed by atoms with Crippen molar-refractivity contribution in [1.29, 1.82) is 0 Å². The Bertz CT molecular complexity index is 616. The van der Waals surface area contributed by atoms with Crippen LogP contribution in [0.1, 0.15) is 18.0 Å². The van der Waals surface area contributed by atoms with Gasteiger partial charge in [-0.15, -0.1) is 0 Å². The van der Waals surface area contributed by atoms with Crippen molar-refractivity contribution in [1.82, 2.24) is 9.88 Å². The highest BCUT2D eigenvalue weighted by Crippen LogP contribution is 2.34. The molecule has 1 saturated heterocycles. The molecule has 0 aliphatic carbocycles. The standard InChI is InChI=1S/C13H17N3O2/c1-16-7-8(6-14)4-11(16)9-2-3-12-10(5-9)15-13(17)18-12/h2-3,5,8,11H,4,6-7,14H2,1H3,(H,15,17). The van der Waals surface area contributed by atoms with E-state index < -0.39 is 5.76 Å². The number of nitrogens with two attached hydrogens (primary N) is 1. The second kappa shape index (κ2) is 4.26. The summed E-state index contributed by atoms with van der Waals surface area (Å²) in [5.41, 5.74) is 8.32. The van der Waals surface area contributed by atoms with Crippen molar-refractivity contribution in [2.24, 2.45) is 11.7 Å². The molecule has 5 nitrogen and oxygen atoms in total. The molecule has 2 atom stereocenters. The van der Waals surface area contributed by atoms with Crippen LogP contribution in [0.15, 0.2) is 27.4 Å². The van der Waals surface area contributed by atoms with Gasteiger partial charge in [-0.05, 0) is 43.6 Å². The Labute approximate surface area is 105 Å². The zero-order valence-electron chi connectivity index (χ0n) is 10.3. The lowest BCUT2D eigenvalue weighted by molar-refractivity contribution is 0.314. The zero-order valence-corrected chi connectivity index (χ0v) is 10.3. The minimum Gasteiger partial charge on any atom is -0.408 e. The molecule has 2 unspecified atom stereocenters. The van der Waals surface area contributed by atoms with E-state index >= 15 is 0 Å². The Hall–Kier alpha value is -1.59. The largest absolute Gasteiger partial charge is 0.417 e. The number of oxazole rings is 1. The van der Waals surface area contributed by atoms with Crippen molar-refractivity contribution < 1.29 is 4.42 Å². The first kappa shape index (κ1) is 11.5. The maximum Gasteiger partial charge on any atom is 0.417 e. The molecule has 2 aromatic rings. The van der Waals surface area contributed by atoms with Crippen LogP contribution >= 0.6 is 0 Å². The topological polar surface area (TPSA) is 75.3 Å². The van der Waals surface area contributed by atoms with Crippen LogP contribution in [-0.4, -0.2) is 30.0 Å². The highest BCUT2D eigenvalue weighted by atomic mass is 16.4. The van der Waals surface area contributed by atoms with Crippen molar-refractivity contribution in [2.45, 2.75) is 12.5 Å². The van der Waals surface area contributed by atoms with Crippen molar-refractivity contribution in [3.8, 4) is 0 Å². The van der Waals surface area contributed by atoms with E-state index in [1.165, 1.54) is 5.56 Å². The molecule has 2 heterocycles. The van der Waals surface area contributed by atoms with Crippen LogP contribution < -0.4 is 11.5 Å². The number of nitrogens with one attached hydrogen (secondary N) is 1. The maximum absolute atomic E-state index is 11.1. The molecule has 5 heteroatoms. The van der Waals surface area contributed by atoms with Gasteiger partial charge in [0.1, 0.15) is 0 Å². The van der Waals surface area contributed by atoms with Crippen LogP contribution in [0.5, 0.6) is 0 Å². The average Bonchev–Trinajstić information content (AvgIpc) is 2.89. The Morgan fingerprint density at radius 2 is 2.39 bits per heavy atom. The van der Waals surface area contributed by atoms with Gasteiger partial charge in [-0.2, -0.15) is 0 Å². The highest BCUT2D eigenvalue weighted by molar-refractivity contribution is 5.72. The minimum atomic E-state index is -0.401. The molecule has 1 fully saturated rings. The van der Waals surface area contributed by atoms with E-state index in [0.29, 0.717) is 17.5 Å². The number of fused-ring (bicyclic) bond motifs is 1. The smallest absolute Gasteiger partial charge is 0.408 e. The summed E-state index contributed by atoms with van der Waals surface area (Å²) >= 11 is 0. The minimum absolute atomic E-state index is 0.376. The first-order chi connectivity index (χ1) is 8.67. The van der Waals surface area contributed by atoms with Gasteiger partial charge in [0.05, 0.1) is 5.52 Å². The molecule has 1 aliphatic heterocycles. The van der Waals surface area contributed by atoms with Crippen LogP contribution in [0, 0.1) is 5.92 Å².